The van der Waals surface area contributed by atoms with Gasteiger partial charge in [-0.05, 0) is 50.4 Å². The van der Waals surface area contributed by atoms with E-state index in [9.17, 15) is 4.79 Å². The van der Waals surface area contributed by atoms with Crippen molar-refractivity contribution >= 4 is 39.1 Å². The predicted octanol–water partition coefficient (Wildman–Crippen LogP) is 3.41. The van der Waals surface area contributed by atoms with Crippen LogP contribution in [-0.4, -0.2) is 41.5 Å². The quantitative estimate of drug-likeness (QED) is 0.903. The minimum atomic E-state index is 0.0520. The molecule has 1 aromatic carbocycles. The highest BCUT2D eigenvalue weighted by molar-refractivity contribution is 7.18. The molecule has 2 aliphatic rings. The molecule has 2 fully saturated rings. The van der Waals surface area contributed by atoms with E-state index in [0.717, 1.165) is 55.9 Å². The summed E-state index contributed by atoms with van der Waals surface area (Å²) < 4.78 is 1.19. The van der Waals surface area contributed by atoms with Gasteiger partial charge in [-0.25, -0.2) is 4.98 Å². The lowest BCUT2D eigenvalue weighted by atomic mass is 9.97. The smallest absolute Gasteiger partial charge is 0.239 e. The molecule has 0 aliphatic carbocycles. The number of benzene rings is 1. The van der Waals surface area contributed by atoms with Gasteiger partial charge in [0.15, 0.2) is 0 Å². The number of nitrogens with zero attached hydrogens (tertiary/aromatic N) is 2. The average molecular weight is 350 g/mol. The third-order valence-corrected chi connectivity index (χ3v) is 6.31. The summed E-state index contributed by atoms with van der Waals surface area (Å²) in [5.41, 5.74) is 0.992. The first kappa shape index (κ1) is 15.4. The van der Waals surface area contributed by atoms with Crippen molar-refractivity contribution in [3.8, 4) is 0 Å². The third kappa shape index (κ3) is 3.10. The van der Waals surface area contributed by atoms with E-state index in [2.05, 4.69) is 5.32 Å². The molecule has 23 heavy (non-hydrogen) atoms. The second kappa shape index (κ2) is 6.38. The first-order chi connectivity index (χ1) is 11.2. The maximum absolute atomic E-state index is 12.5. The van der Waals surface area contributed by atoms with Crippen LogP contribution in [-0.2, 0) is 4.79 Å². The zero-order chi connectivity index (χ0) is 15.8. The first-order valence-corrected chi connectivity index (χ1v) is 9.48. The van der Waals surface area contributed by atoms with Crippen LogP contribution in [0.4, 0.5) is 0 Å². The molecule has 0 spiro atoms. The summed E-state index contributed by atoms with van der Waals surface area (Å²) in [5, 5.41) is 5.23. The maximum Gasteiger partial charge on any atom is 0.239 e. The second-order valence-electron chi connectivity index (χ2n) is 6.41. The molecule has 1 aromatic heterocycles. The Balaban J connectivity index is 1.43. The van der Waals surface area contributed by atoms with Crippen molar-refractivity contribution in [3.63, 3.8) is 0 Å². The first-order valence-electron chi connectivity index (χ1n) is 8.29. The Morgan fingerprint density at radius 1 is 1.30 bits per heavy atom. The Morgan fingerprint density at radius 2 is 2.13 bits per heavy atom. The van der Waals surface area contributed by atoms with Crippen molar-refractivity contribution in [1.82, 2.24) is 15.2 Å². The molecule has 1 atom stereocenters. The number of carbonyl (C=O) groups excluding carboxylic acids is 1. The number of likely N-dealkylation sites (tertiary alicyclic amines) is 1. The molecule has 0 radical (unpaired) electrons. The maximum atomic E-state index is 12.5. The fourth-order valence-corrected chi connectivity index (χ4v) is 4.84. The molecule has 4 nitrogen and oxygen atoms in total. The lowest BCUT2D eigenvalue weighted by molar-refractivity contribution is -0.134. The van der Waals surface area contributed by atoms with Gasteiger partial charge in [0.2, 0.25) is 5.91 Å². The van der Waals surface area contributed by atoms with E-state index >= 15 is 0 Å². The summed E-state index contributed by atoms with van der Waals surface area (Å²) >= 11 is 7.81. The summed E-state index contributed by atoms with van der Waals surface area (Å²) in [6.07, 6.45) is 4.11. The zero-order valence-corrected chi connectivity index (χ0v) is 14.5. The fourth-order valence-electron chi connectivity index (χ4n) is 3.56. The van der Waals surface area contributed by atoms with Crippen molar-refractivity contribution in [2.45, 2.75) is 37.6 Å². The Bertz CT molecular complexity index is 718. The number of fused-ring (bicyclic) bond motifs is 1. The van der Waals surface area contributed by atoms with Gasteiger partial charge in [0.25, 0.3) is 0 Å². The van der Waals surface area contributed by atoms with Crippen molar-refractivity contribution < 1.29 is 4.79 Å². The number of hydrogen-bond donors (Lipinski definition) is 1. The van der Waals surface area contributed by atoms with Crippen molar-refractivity contribution in [3.05, 3.63) is 28.2 Å². The van der Waals surface area contributed by atoms with Gasteiger partial charge < -0.3 is 10.2 Å². The van der Waals surface area contributed by atoms with E-state index in [0.29, 0.717) is 5.92 Å². The molecule has 2 aromatic rings. The molecule has 1 amide bonds. The number of aromatic nitrogens is 1. The van der Waals surface area contributed by atoms with E-state index in [1.165, 1.54) is 9.71 Å². The number of rotatable bonds is 2. The Hall–Kier alpha value is -1.17. The SMILES string of the molecule is O=C(C1CCCN1)N1CCC(c2nc3cc(Cl)ccc3s2)CC1. The van der Waals surface area contributed by atoms with Crippen LogP contribution in [0.25, 0.3) is 10.2 Å². The summed E-state index contributed by atoms with van der Waals surface area (Å²) in [6.45, 7) is 2.66. The standard InChI is InChI=1S/C17H20ClN3OS/c18-12-3-4-15-14(10-12)20-16(23-15)11-5-8-21(9-6-11)17(22)13-2-1-7-19-13/h3-4,10-11,13,19H,1-2,5-9H2. The lowest BCUT2D eigenvalue weighted by Gasteiger charge is -2.32. The van der Waals surface area contributed by atoms with Gasteiger partial charge in [0.1, 0.15) is 0 Å². The topological polar surface area (TPSA) is 45.2 Å². The highest BCUT2D eigenvalue weighted by Crippen LogP contribution is 2.34. The zero-order valence-electron chi connectivity index (χ0n) is 12.9. The minimum Gasteiger partial charge on any atom is -0.341 e. The molecular weight excluding hydrogens is 330 g/mol. The van der Waals surface area contributed by atoms with E-state index in [-0.39, 0.29) is 11.9 Å². The molecule has 122 valence electrons. The highest BCUT2D eigenvalue weighted by Gasteiger charge is 2.31. The van der Waals surface area contributed by atoms with Gasteiger partial charge in [0, 0.05) is 24.0 Å². The second-order valence-corrected chi connectivity index (χ2v) is 7.91. The van der Waals surface area contributed by atoms with E-state index in [1.807, 2.05) is 23.1 Å². The van der Waals surface area contributed by atoms with Crippen LogP contribution in [0.2, 0.25) is 5.02 Å². The van der Waals surface area contributed by atoms with E-state index in [4.69, 9.17) is 16.6 Å². The molecule has 0 bridgehead atoms. The van der Waals surface area contributed by atoms with Crippen molar-refractivity contribution in [2.75, 3.05) is 19.6 Å². The summed E-state index contributed by atoms with van der Waals surface area (Å²) in [5.74, 6) is 0.754. The monoisotopic (exact) mass is 349 g/mol. The molecular formula is C17H20ClN3OS. The molecule has 1 unspecified atom stereocenters. The number of piperidine rings is 1. The normalized spacial score (nSPS) is 22.8. The highest BCUT2D eigenvalue weighted by atomic mass is 35.5. The molecule has 2 aliphatic heterocycles. The van der Waals surface area contributed by atoms with Crippen LogP contribution in [0.1, 0.15) is 36.6 Å². The van der Waals surface area contributed by atoms with Gasteiger partial charge >= 0.3 is 0 Å². The van der Waals surface area contributed by atoms with Gasteiger partial charge in [-0.2, -0.15) is 0 Å². The van der Waals surface area contributed by atoms with Crippen LogP contribution >= 0.6 is 22.9 Å². The third-order valence-electron chi connectivity index (χ3n) is 4.88. The molecule has 3 heterocycles. The Kier molecular flexibility index (Phi) is 4.26. The fraction of sp³-hybridized carbons (Fsp3) is 0.529. The minimum absolute atomic E-state index is 0.0520. The average Bonchev–Trinajstić information content (AvgIpc) is 3.23. The van der Waals surface area contributed by atoms with Crippen LogP contribution in [0.15, 0.2) is 18.2 Å². The van der Waals surface area contributed by atoms with Crippen molar-refractivity contribution in [1.29, 1.82) is 0 Å². The molecule has 4 rings (SSSR count). The van der Waals surface area contributed by atoms with Gasteiger partial charge in [0.05, 0.1) is 21.3 Å². The number of thiazole rings is 1. The Labute approximate surface area is 144 Å². The number of carbonyl (C=O) groups is 1. The number of amides is 1. The van der Waals surface area contributed by atoms with Crippen LogP contribution < -0.4 is 5.32 Å². The molecule has 0 saturated carbocycles. The molecule has 2 saturated heterocycles. The van der Waals surface area contributed by atoms with E-state index in [1.54, 1.807) is 11.3 Å². The lowest BCUT2D eigenvalue weighted by Crippen LogP contribution is -2.46. The molecule has 1 N–H and O–H groups in total. The number of nitrogens with one attached hydrogen (secondary N) is 1. The van der Waals surface area contributed by atoms with E-state index < -0.39 is 0 Å². The van der Waals surface area contributed by atoms with Gasteiger partial charge in [-0.1, -0.05) is 11.6 Å². The summed E-state index contributed by atoms with van der Waals surface area (Å²) in [4.78, 5) is 19.3. The van der Waals surface area contributed by atoms with Crippen LogP contribution in [0.5, 0.6) is 0 Å². The van der Waals surface area contributed by atoms with Crippen LogP contribution in [0, 0.1) is 0 Å². The number of hydrogen-bond acceptors (Lipinski definition) is 4. The summed E-state index contributed by atoms with van der Waals surface area (Å²) in [6, 6.07) is 5.95. The molecule has 6 heteroatoms. The van der Waals surface area contributed by atoms with Gasteiger partial charge in [-0.15, -0.1) is 11.3 Å². The van der Waals surface area contributed by atoms with Crippen LogP contribution in [0.3, 0.4) is 0 Å². The largest absolute Gasteiger partial charge is 0.341 e. The van der Waals surface area contributed by atoms with Crippen molar-refractivity contribution in [2.24, 2.45) is 0 Å². The summed E-state index contributed by atoms with van der Waals surface area (Å²) in [7, 11) is 0. The van der Waals surface area contributed by atoms with Gasteiger partial charge in [-0.3, -0.25) is 4.79 Å². The number of halogens is 1. The Morgan fingerprint density at radius 3 is 2.87 bits per heavy atom. The predicted molar refractivity (Wildman–Crippen MR) is 94.2 cm³/mol.